The van der Waals surface area contributed by atoms with Gasteiger partial charge in [0.25, 0.3) is 0 Å². The number of hydrogen-bond donors (Lipinski definition) is 1. The molecular weight excluding hydrogens is 175 g/mol. The standard InChI is InChI=1S/C9H9FOS/c1-2-8(11)7-5-6(10)3-4-9(7)12/h3-5,12H,2H2,1H3. The van der Waals surface area contributed by atoms with Crippen molar-refractivity contribution in [3.8, 4) is 0 Å². The van der Waals surface area contributed by atoms with Gasteiger partial charge in [-0.05, 0) is 18.2 Å². The fraction of sp³-hybridized carbons (Fsp3) is 0.222. The fourth-order valence-corrected chi connectivity index (χ4v) is 1.19. The van der Waals surface area contributed by atoms with Crippen LogP contribution in [0.25, 0.3) is 0 Å². The number of hydrogen-bond acceptors (Lipinski definition) is 2. The van der Waals surface area contributed by atoms with Gasteiger partial charge in [0.05, 0.1) is 0 Å². The van der Waals surface area contributed by atoms with Gasteiger partial charge in [0.1, 0.15) is 5.82 Å². The van der Waals surface area contributed by atoms with Crippen LogP contribution >= 0.6 is 12.6 Å². The van der Waals surface area contributed by atoms with Crippen LogP contribution in [-0.4, -0.2) is 5.78 Å². The smallest absolute Gasteiger partial charge is 0.163 e. The molecule has 0 fully saturated rings. The molecule has 12 heavy (non-hydrogen) atoms. The normalized spacial score (nSPS) is 9.92. The highest BCUT2D eigenvalue weighted by molar-refractivity contribution is 7.80. The fourth-order valence-electron chi connectivity index (χ4n) is 0.922. The van der Waals surface area contributed by atoms with E-state index in [-0.39, 0.29) is 5.78 Å². The number of halogens is 1. The van der Waals surface area contributed by atoms with Gasteiger partial charge in [0.2, 0.25) is 0 Å². The molecular formula is C9H9FOS. The molecule has 1 nitrogen and oxygen atoms in total. The van der Waals surface area contributed by atoms with Gasteiger partial charge in [-0.2, -0.15) is 0 Å². The first-order valence-electron chi connectivity index (χ1n) is 3.67. The van der Waals surface area contributed by atoms with E-state index in [2.05, 4.69) is 12.6 Å². The molecule has 0 aliphatic heterocycles. The third-order valence-electron chi connectivity index (χ3n) is 1.58. The second kappa shape index (κ2) is 3.72. The predicted octanol–water partition coefficient (Wildman–Crippen LogP) is 2.71. The Bertz CT molecular complexity index is 309. The van der Waals surface area contributed by atoms with E-state index in [1.165, 1.54) is 18.2 Å². The van der Waals surface area contributed by atoms with E-state index >= 15 is 0 Å². The lowest BCUT2D eigenvalue weighted by molar-refractivity contribution is 0.0985. The molecule has 0 radical (unpaired) electrons. The summed E-state index contributed by atoms with van der Waals surface area (Å²) in [4.78, 5) is 11.7. The summed E-state index contributed by atoms with van der Waals surface area (Å²) in [6.07, 6.45) is 0.372. The van der Waals surface area contributed by atoms with Crippen LogP contribution in [0, 0.1) is 5.82 Å². The van der Waals surface area contributed by atoms with Crippen molar-refractivity contribution in [2.75, 3.05) is 0 Å². The lowest BCUT2D eigenvalue weighted by atomic mass is 10.1. The third kappa shape index (κ3) is 1.85. The van der Waals surface area contributed by atoms with Gasteiger partial charge in [0.15, 0.2) is 5.78 Å². The third-order valence-corrected chi connectivity index (χ3v) is 1.97. The van der Waals surface area contributed by atoms with E-state index < -0.39 is 5.82 Å². The van der Waals surface area contributed by atoms with Crippen molar-refractivity contribution in [3.05, 3.63) is 29.6 Å². The van der Waals surface area contributed by atoms with Gasteiger partial charge in [0, 0.05) is 16.9 Å². The first kappa shape index (κ1) is 9.26. The number of rotatable bonds is 2. The number of carbonyl (C=O) groups excluding carboxylic acids is 1. The van der Waals surface area contributed by atoms with E-state index in [1.807, 2.05) is 0 Å². The quantitative estimate of drug-likeness (QED) is 0.552. The summed E-state index contributed by atoms with van der Waals surface area (Å²) in [5, 5.41) is 0. The van der Waals surface area contributed by atoms with E-state index in [1.54, 1.807) is 6.92 Å². The summed E-state index contributed by atoms with van der Waals surface area (Å²) in [6.45, 7) is 1.74. The maximum atomic E-state index is 12.7. The van der Waals surface area contributed by atoms with Crippen LogP contribution in [0.4, 0.5) is 4.39 Å². The molecule has 0 unspecified atom stereocenters. The molecule has 0 N–H and O–H groups in total. The summed E-state index contributed by atoms with van der Waals surface area (Å²) in [5.41, 5.74) is 0.362. The average molecular weight is 184 g/mol. The molecule has 0 amide bonds. The number of Topliss-reactive ketones (excluding diaryl/α,β-unsaturated/α-hetero) is 1. The Morgan fingerprint density at radius 2 is 2.25 bits per heavy atom. The highest BCUT2D eigenvalue weighted by Crippen LogP contribution is 2.16. The van der Waals surface area contributed by atoms with Crippen molar-refractivity contribution < 1.29 is 9.18 Å². The van der Waals surface area contributed by atoms with E-state index in [9.17, 15) is 9.18 Å². The van der Waals surface area contributed by atoms with Gasteiger partial charge in [-0.1, -0.05) is 6.92 Å². The molecule has 0 aliphatic rings. The van der Waals surface area contributed by atoms with E-state index in [0.29, 0.717) is 16.9 Å². The zero-order valence-electron chi connectivity index (χ0n) is 6.67. The molecule has 0 aromatic heterocycles. The Morgan fingerprint density at radius 1 is 1.58 bits per heavy atom. The van der Waals surface area contributed by atoms with Gasteiger partial charge in [-0.25, -0.2) is 4.39 Å². The zero-order valence-corrected chi connectivity index (χ0v) is 7.57. The molecule has 0 heterocycles. The maximum absolute atomic E-state index is 12.7. The molecule has 64 valence electrons. The summed E-state index contributed by atoms with van der Waals surface area (Å²) >= 11 is 4.05. The van der Waals surface area contributed by atoms with Crippen LogP contribution in [0.15, 0.2) is 23.1 Å². The number of thiol groups is 1. The summed E-state index contributed by atoms with van der Waals surface area (Å²) in [7, 11) is 0. The summed E-state index contributed by atoms with van der Waals surface area (Å²) < 4.78 is 12.7. The first-order valence-corrected chi connectivity index (χ1v) is 4.11. The molecule has 0 spiro atoms. The zero-order chi connectivity index (χ0) is 9.14. The Hall–Kier alpha value is -0.830. The van der Waals surface area contributed by atoms with Crippen molar-refractivity contribution >= 4 is 18.4 Å². The van der Waals surface area contributed by atoms with Crippen LogP contribution in [0.3, 0.4) is 0 Å². The topological polar surface area (TPSA) is 17.1 Å². The molecule has 0 atom stereocenters. The molecule has 1 rings (SSSR count). The second-order valence-corrected chi connectivity index (χ2v) is 2.92. The number of carbonyl (C=O) groups is 1. The largest absolute Gasteiger partial charge is 0.294 e. The van der Waals surface area contributed by atoms with Crippen molar-refractivity contribution in [1.29, 1.82) is 0 Å². The van der Waals surface area contributed by atoms with Crippen molar-refractivity contribution in [2.24, 2.45) is 0 Å². The van der Waals surface area contributed by atoms with Gasteiger partial charge >= 0.3 is 0 Å². The van der Waals surface area contributed by atoms with Crippen molar-refractivity contribution in [3.63, 3.8) is 0 Å². The van der Waals surface area contributed by atoms with Gasteiger partial charge in [-0.3, -0.25) is 4.79 Å². The monoisotopic (exact) mass is 184 g/mol. The molecule has 0 saturated carbocycles. The Balaban J connectivity index is 3.13. The van der Waals surface area contributed by atoms with Crippen LogP contribution < -0.4 is 0 Å². The molecule has 0 saturated heterocycles. The van der Waals surface area contributed by atoms with Gasteiger partial charge in [-0.15, -0.1) is 12.6 Å². The van der Waals surface area contributed by atoms with Crippen molar-refractivity contribution in [2.45, 2.75) is 18.2 Å². The second-order valence-electron chi connectivity index (χ2n) is 2.44. The minimum atomic E-state index is -0.399. The summed E-state index contributed by atoms with van der Waals surface area (Å²) in [5.74, 6) is -0.482. The molecule has 0 bridgehead atoms. The first-order chi connectivity index (χ1) is 5.65. The van der Waals surface area contributed by atoms with Gasteiger partial charge < -0.3 is 0 Å². The minimum Gasteiger partial charge on any atom is -0.294 e. The Kier molecular flexibility index (Phi) is 2.87. The minimum absolute atomic E-state index is 0.0838. The summed E-state index contributed by atoms with van der Waals surface area (Å²) in [6, 6.07) is 3.99. The Morgan fingerprint density at radius 3 is 2.83 bits per heavy atom. The predicted molar refractivity (Wildman–Crippen MR) is 48.3 cm³/mol. The maximum Gasteiger partial charge on any atom is 0.163 e. The van der Waals surface area contributed by atoms with Crippen LogP contribution in [0.1, 0.15) is 23.7 Å². The highest BCUT2D eigenvalue weighted by atomic mass is 32.1. The van der Waals surface area contributed by atoms with Crippen LogP contribution in [0.2, 0.25) is 0 Å². The lowest BCUT2D eigenvalue weighted by Crippen LogP contribution is -1.98. The average Bonchev–Trinajstić information content (AvgIpc) is 2.08. The molecule has 3 heteroatoms. The van der Waals surface area contributed by atoms with E-state index in [4.69, 9.17) is 0 Å². The van der Waals surface area contributed by atoms with E-state index in [0.717, 1.165) is 0 Å². The molecule has 1 aromatic carbocycles. The molecule has 1 aromatic rings. The number of ketones is 1. The molecule has 0 aliphatic carbocycles. The van der Waals surface area contributed by atoms with Crippen LogP contribution in [0.5, 0.6) is 0 Å². The lowest BCUT2D eigenvalue weighted by Gasteiger charge is -2.01. The Labute approximate surface area is 76.0 Å². The van der Waals surface area contributed by atoms with Crippen LogP contribution in [-0.2, 0) is 0 Å². The number of benzene rings is 1. The highest BCUT2D eigenvalue weighted by Gasteiger charge is 2.07. The van der Waals surface area contributed by atoms with Crippen molar-refractivity contribution in [1.82, 2.24) is 0 Å². The SMILES string of the molecule is CCC(=O)c1cc(F)ccc1S.